The van der Waals surface area contributed by atoms with Gasteiger partial charge >= 0.3 is 0 Å². The van der Waals surface area contributed by atoms with Gasteiger partial charge in [0.25, 0.3) is 5.91 Å². The molecule has 1 amide bonds. The SMILES string of the molecule is COc1cc(C(=O)N(CCCN2CCCCC2C)Cc2ccc3ccccc3c2)cc(OC)c1OC. The van der Waals surface area contributed by atoms with Gasteiger partial charge in [-0.25, -0.2) is 0 Å². The highest BCUT2D eigenvalue weighted by atomic mass is 16.5. The number of likely N-dealkylation sites (tertiary alicyclic amines) is 1. The van der Waals surface area contributed by atoms with Crippen molar-refractivity contribution in [2.75, 3.05) is 41.0 Å². The summed E-state index contributed by atoms with van der Waals surface area (Å²) in [6.07, 6.45) is 4.75. The van der Waals surface area contributed by atoms with Crippen LogP contribution >= 0.6 is 0 Å². The fourth-order valence-corrected chi connectivity index (χ4v) is 5.15. The first-order valence-electron chi connectivity index (χ1n) is 12.8. The fraction of sp³-hybridized carbons (Fsp3) is 0.433. The monoisotopic (exact) mass is 490 g/mol. The smallest absolute Gasteiger partial charge is 0.254 e. The average Bonchev–Trinajstić information content (AvgIpc) is 2.92. The van der Waals surface area contributed by atoms with Crippen molar-refractivity contribution in [2.45, 2.75) is 45.2 Å². The summed E-state index contributed by atoms with van der Waals surface area (Å²) in [5.41, 5.74) is 1.64. The number of hydrogen-bond donors (Lipinski definition) is 0. The van der Waals surface area contributed by atoms with Crippen LogP contribution in [0.3, 0.4) is 0 Å². The number of nitrogens with zero attached hydrogens (tertiary/aromatic N) is 2. The molecule has 0 radical (unpaired) electrons. The van der Waals surface area contributed by atoms with Crippen LogP contribution < -0.4 is 14.2 Å². The van der Waals surface area contributed by atoms with Gasteiger partial charge in [-0.1, -0.05) is 42.8 Å². The second-order valence-corrected chi connectivity index (χ2v) is 9.56. The topological polar surface area (TPSA) is 51.2 Å². The van der Waals surface area contributed by atoms with Gasteiger partial charge in [-0.05, 0) is 67.3 Å². The standard InChI is InChI=1S/C30H38N2O4/c1-22-10-7-8-15-31(22)16-9-17-32(21-23-13-14-24-11-5-6-12-25(24)18-23)30(33)26-19-27(34-2)29(36-4)28(20-26)35-3/h5-6,11-14,18-20,22H,7-10,15-17,21H2,1-4H3. The summed E-state index contributed by atoms with van der Waals surface area (Å²) in [6.45, 7) is 5.67. The van der Waals surface area contributed by atoms with E-state index in [4.69, 9.17) is 14.2 Å². The average molecular weight is 491 g/mol. The number of amides is 1. The van der Waals surface area contributed by atoms with Crippen molar-refractivity contribution in [3.05, 3.63) is 65.7 Å². The molecule has 1 saturated heterocycles. The Morgan fingerprint density at radius 1 is 0.944 bits per heavy atom. The lowest BCUT2D eigenvalue weighted by molar-refractivity contribution is 0.0725. The highest BCUT2D eigenvalue weighted by molar-refractivity contribution is 5.95. The van der Waals surface area contributed by atoms with Crippen molar-refractivity contribution >= 4 is 16.7 Å². The molecule has 0 spiro atoms. The molecule has 1 heterocycles. The minimum Gasteiger partial charge on any atom is -0.493 e. The van der Waals surface area contributed by atoms with Gasteiger partial charge in [0, 0.05) is 31.2 Å². The quantitative estimate of drug-likeness (QED) is 0.361. The summed E-state index contributed by atoms with van der Waals surface area (Å²) in [4.78, 5) is 18.4. The maximum Gasteiger partial charge on any atom is 0.254 e. The van der Waals surface area contributed by atoms with Crippen LogP contribution in [0.15, 0.2) is 54.6 Å². The molecule has 1 aliphatic heterocycles. The van der Waals surface area contributed by atoms with Crippen LogP contribution in [-0.2, 0) is 6.54 Å². The van der Waals surface area contributed by atoms with Gasteiger partial charge in [0.1, 0.15) is 0 Å². The van der Waals surface area contributed by atoms with Gasteiger partial charge in [-0.15, -0.1) is 0 Å². The normalized spacial score (nSPS) is 16.1. The van der Waals surface area contributed by atoms with Gasteiger partial charge in [-0.3, -0.25) is 4.79 Å². The molecule has 0 aromatic heterocycles. The van der Waals surface area contributed by atoms with Crippen molar-refractivity contribution in [3.8, 4) is 17.2 Å². The number of hydrogen-bond acceptors (Lipinski definition) is 5. The van der Waals surface area contributed by atoms with Crippen LogP contribution in [0.1, 0.15) is 48.5 Å². The number of piperidine rings is 1. The van der Waals surface area contributed by atoms with Crippen LogP contribution in [0.25, 0.3) is 10.8 Å². The lowest BCUT2D eigenvalue weighted by Crippen LogP contribution is -2.40. The Balaban J connectivity index is 1.59. The lowest BCUT2D eigenvalue weighted by Gasteiger charge is -2.34. The Hall–Kier alpha value is -3.25. The molecule has 6 heteroatoms. The molecule has 3 aromatic rings. The van der Waals surface area contributed by atoms with Crippen LogP contribution in [0.5, 0.6) is 17.2 Å². The van der Waals surface area contributed by atoms with Gasteiger partial charge in [0.05, 0.1) is 21.3 Å². The highest BCUT2D eigenvalue weighted by Crippen LogP contribution is 2.38. The van der Waals surface area contributed by atoms with Crippen molar-refractivity contribution in [3.63, 3.8) is 0 Å². The fourth-order valence-electron chi connectivity index (χ4n) is 5.15. The molecule has 0 N–H and O–H groups in total. The summed E-state index contributed by atoms with van der Waals surface area (Å²) in [5, 5.41) is 2.38. The molecule has 1 atom stereocenters. The number of ether oxygens (including phenoxy) is 3. The Bertz CT molecular complexity index is 1150. The molecular weight excluding hydrogens is 452 g/mol. The zero-order chi connectivity index (χ0) is 25.5. The van der Waals surface area contributed by atoms with E-state index in [-0.39, 0.29) is 5.91 Å². The first kappa shape index (κ1) is 25.8. The lowest BCUT2D eigenvalue weighted by atomic mass is 10.0. The Labute approximate surface area is 214 Å². The van der Waals surface area contributed by atoms with Gasteiger partial charge in [0.2, 0.25) is 5.75 Å². The van der Waals surface area contributed by atoms with Crippen LogP contribution in [0.4, 0.5) is 0 Å². The first-order chi connectivity index (χ1) is 17.5. The number of fused-ring (bicyclic) bond motifs is 1. The predicted octanol–water partition coefficient (Wildman–Crippen LogP) is 5.77. The summed E-state index contributed by atoms with van der Waals surface area (Å²) in [7, 11) is 4.70. The van der Waals surface area contributed by atoms with Crippen LogP contribution in [-0.4, -0.2) is 62.7 Å². The largest absolute Gasteiger partial charge is 0.493 e. The summed E-state index contributed by atoms with van der Waals surface area (Å²) < 4.78 is 16.5. The molecule has 0 bridgehead atoms. The van der Waals surface area contributed by atoms with E-state index >= 15 is 0 Å². The van der Waals surface area contributed by atoms with Gasteiger partial charge < -0.3 is 24.0 Å². The van der Waals surface area contributed by atoms with E-state index in [1.54, 1.807) is 33.5 Å². The van der Waals surface area contributed by atoms with Crippen molar-refractivity contribution < 1.29 is 19.0 Å². The molecule has 3 aromatic carbocycles. The van der Waals surface area contributed by atoms with Gasteiger partial charge in [0.15, 0.2) is 11.5 Å². The number of benzene rings is 3. The van der Waals surface area contributed by atoms with E-state index in [0.29, 0.717) is 41.9 Å². The molecule has 36 heavy (non-hydrogen) atoms. The molecule has 6 nitrogen and oxygen atoms in total. The van der Waals surface area contributed by atoms with E-state index in [0.717, 1.165) is 25.1 Å². The minimum atomic E-state index is -0.0471. The van der Waals surface area contributed by atoms with Crippen molar-refractivity contribution in [1.29, 1.82) is 0 Å². The first-order valence-corrected chi connectivity index (χ1v) is 12.8. The Kier molecular flexibility index (Phi) is 8.70. The van der Waals surface area contributed by atoms with E-state index in [1.165, 1.54) is 30.0 Å². The number of carbonyl (C=O) groups is 1. The van der Waals surface area contributed by atoms with E-state index in [1.807, 2.05) is 17.0 Å². The third-order valence-corrected chi connectivity index (χ3v) is 7.20. The minimum absolute atomic E-state index is 0.0471. The maximum atomic E-state index is 13.9. The van der Waals surface area contributed by atoms with E-state index in [2.05, 4.69) is 42.2 Å². The molecule has 1 unspecified atom stereocenters. The zero-order valence-corrected chi connectivity index (χ0v) is 22.0. The molecule has 1 aliphatic rings. The molecule has 0 aliphatic carbocycles. The number of rotatable bonds is 10. The third-order valence-electron chi connectivity index (χ3n) is 7.20. The second-order valence-electron chi connectivity index (χ2n) is 9.56. The van der Waals surface area contributed by atoms with E-state index in [9.17, 15) is 4.79 Å². The summed E-state index contributed by atoms with van der Waals surface area (Å²) >= 11 is 0. The Morgan fingerprint density at radius 2 is 1.67 bits per heavy atom. The van der Waals surface area contributed by atoms with E-state index < -0.39 is 0 Å². The van der Waals surface area contributed by atoms with Crippen LogP contribution in [0, 0.1) is 0 Å². The predicted molar refractivity (Wildman–Crippen MR) is 144 cm³/mol. The Morgan fingerprint density at radius 3 is 2.33 bits per heavy atom. The number of methoxy groups -OCH3 is 3. The maximum absolute atomic E-state index is 13.9. The van der Waals surface area contributed by atoms with Crippen molar-refractivity contribution in [2.24, 2.45) is 0 Å². The molecule has 4 rings (SSSR count). The summed E-state index contributed by atoms with van der Waals surface area (Å²) in [6, 6.07) is 18.8. The second kappa shape index (κ2) is 12.1. The van der Waals surface area contributed by atoms with Crippen molar-refractivity contribution in [1.82, 2.24) is 9.80 Å². The summed E-state index contributed by atoms with van der Waals surface area (Å²) in [5.74, 6) is 1.40. The van der Waals surface area contributed by atoms with Crippen LogP contribution in [0.2, 0.25) is 0 Å². The van der Waals surface area contributed by atoms with Gasteiger partial charge in [-0.2, -0.15) is 0 Å². The molecule has 192 valence electrons. The highest BCUT2D eigenvalue weighted by Gasteiger charge is 2.23. The third kappa shape index (κ3) is 5.93. The molecular formula is C30H38N2O4. The zero-order valence-electron chi connectivity index (χ0n) is 22.0. The number of carbonyl (C=O) groups excluding carboxylic acids is 1. The molecule has 1 fully saturated rings. The molecule has 0 saturated carbocycles.